The Kier molecular flexibility index (Phi) is 5.09. The predicted octanol–water partition coefficient (Wildman–Crippen LogP) is 3.68. The van der Waals surface area contributed by atoms with Crippen LogP contribution in [0, 0.1) is 0 Å². The Morgan fingerprint density at radius 2 is 2.06 bits per heavy atom. The summed E-state index contributed by atoms with van der Waals surface area (Å²) in [5.74, 6) is -0.847. The molecule has 0 aromatic heterocycles. The van der Waals surface area contributed by atoms with E-state index >= 15 is 0 Å². The molecule has 0 fully saturated rings. The van der Waals surface area contributed by atoms with E-state index in [1.165, 1.54) is 0 Å². The highest BCUT2D eigenvalue weighted by Gasteiger charge is 2.24. The fourth-order valence-corrected chi connectivity index (χ4v) is 2.32. The number of anilines is 1. The van der Waals surface area contributed by atoms with Gasteiger partial charge in [-0.2, -0.15) is 0 Å². The van der Waals surface area contributed by atoms with Gasteiger partial charge in [0.15, 0.2) is 0 Å². The van der Waals surface area contributed by atoms with E-state index in [2.05, 4.69) is 0 Å². The highest BCUT2D eigenvalue weighted by Crippen LogP contribution is 2.30. The second kappa shape index (κ2) is 6.12. The molecule has 5 heteroatoms. The molecule has 0 saturated heterocycles. The van der Waals surface area contributed by atoms with E-state index in [9.17, 15) is 9.90 Å². The van der Waals surface area contributed by atoms with Crippen LogP contribution < -0.4 is 4.90 Å². The molecular formula is C12H15Cl2NO2. The Labute approximate surface area is 111 Å². The molecule has 1 aromatic rings. The van der Waals surface area contributed by atoms with Crippen LogP contribution >= 0.6 is 23.2 Å². The van der Waals surface area contributed by atoms with Crippen LogP contribution in [0.3, 0.4) is 0 Å². The molecule has 1 aromatic carbocycles. The Bertz CT molecular complexity index is 409. The molecule has 0 saturated carbocycles. The average Bonchev–Trinajstić information content (AvgIpc) is 2.26. The van der Waals surface area contributed by atoms with Gasteiger partial charge < -0.3 is 10.0 Å². The lowest BCUT2D eigenvalue weighted by Gasteiger charge is -2.29. The monoisotopic (exact) mass is 275 g/mol. The van der Waals surface area contributed by atoms with E-state index in [1.807, 2.05) is 13.8 Å². The van der Waals surface area contributed by atoms with Crippen LogP contribution in [0.4, 0.5) is 5.69 Å². The number of carboxylic acids is 1. The fourth-order valence-electron chi connectivity index (χ4n) is 1.80. The van der Waals surface area contributed by atoms with Crippen molar-refractivity contribution in [3.63, 3.8) is 0 Å². The van der Waals surface area contributed by atoms with Gasteiger partial charge in [0.05, 0.1) is 10.7 Å². The Hall–Kier alpha value is -0.930. The normalized spacial score (nSPS) is 12.2. The highest BCUT2D eigenvalue weighted by atomic mass is 35.5. The molecule has 0 radical (unpaired) electrons. The zero-order valence-electron chi connectivity index (χ0n) is 9.78. The Morgan fingerprint density at radius 1 is 1.41 bits per heavy atom. The van der Waals surface area contributed by atoms with E-state index in [1.54, 1.807) is 23.1 Å². The molecule has 0 spiro atoms. The van der Waals surface area contributed by atoms with Crippen molar-refractivity contribution in [2.45, 2.75) is 26.3 Å². The second-order valence-corrected chi connectivity index (χ2v) is 4.49. The number of hydrogen-bond donors (Lipinski definition) is 1. The van der Waals surface area contributed by atoms with Gasteiger partial charge in [0.25, 0.3) is 0 Å². The zero-order valence-corrected chi connectivity index (χ0v) is 11.3. The molecular weight excluding hydrogens is 261 g/mol. The lowest BCUT2D eigenvalue weighted by Crippen LogP contribution is -2.41. The summed E-state index contributed by atoms with van der Waals surface area (Å²) < 4.78 is 0. The topological polar surface area (TPSA) is 40.5 Å². The molecule has 0 amide bonds. The highest BCUT2D eigenvalue weighted by molar-refractivity contribution is 6.36. The summed E-state index contributed by atoms with van der Waals surface area (Å²) in [7, 11) is 0. The smallest absolute Gasteiger partial charge is 0.326 e. The average molecular weight is 276 g/mol. The summed E-state index contributed by atoms with van der Waals surface area (Å²) in [6, 6.07) is 4.51. The molecule has 0 aliphatic heterocycles. The zero-order chi connectivity index (χ0) is 13.0. The molecule has 0 aliphatic rings. The molecule has 1 atom stereocenters. The maximum Gasteiger partial charge on any atom is 0.326 e. The number of rotatable bonds is 5. The van der Waals surface area contributed by atoms with E-state index < -0.39 is 12.0 Å². The van der Waals surface area contributed by atoms with Gasteiger partial charge in [-0.15, -0.1) is 0 Å². The van der Waals surface area contributed by atoms with Crippen molar-refractivity contribution in [1.29, 1.82) is 0 Å². The van der Waals surface area contributed by atoms with Gasteiger partial charge in [0.1, 0.15) is 6.04 Å². The minimum atomic E-state index is -0.847. The Morgan fingerprint density at radius 3 is 2.47 bits per heavy atom. The summed E-state index contributed by atoms with van der Waals surface area (Å²) in [5, 5.41) is 10.2. The van der Waals surface area contributed by atoms with Gasteiger partial charge >= 0.3 is 5.97 Å². The fraction of sp³-hybridized carbons (Fsp3) is 0.417. The van der Waals surface area contributed by atoms with Crippen molar-refractivity contribution in [3.8, 4) is 0 Å². The van der Waals surface area contributed by atoms with Crippen molar-refractivity contribution < 1.29 is 9.90 Å². The quantitative estimate of drug-likeness (QED) is 0.891. The second-order valence-electron chi connectivity index (χ2n) is 3.64. The number of likely N-dealkylation sites (N-methyl/N-ethyl adjacent to an activating group) is 1. The van der Waals surface area contributed by atoms with E-state index in [-0.39, 0.29) is 0 Å². The van der Waals surface area contributed by atoms with E-state index in [4.69, 9.17) is 23.2 Å². The van der Waals surface area contributed by atoms with Gasteiger partial charge in [-0.05, 0) is 31.5 Å². The van der Waals surface area contributed by atoms with Gasteiger partial charge in [-0.25, -0.2) is 4.79 Å². The molecule has 0 aliphatic carbocycles. The first-order valence-corrected chi connectivity index (χ1v) is 6.21. The summed E-state index contributed by atoms with van der Waals surface area (Å²) in [4.78, 5) is 12.9. The van der Waals surface area contributed by atoms with Crippen LogP contribution in [0.2, 0.25) is 10.0 Å². The summed E-state index contributed by atoms with van der Waals surface area (Å²) >= 11 is 11.9. The molecule has 0 bridgehead atoms. The van der Waals surface area contributed by atoms with Crippen LogP contribution in [0.5, 0.6) is 0 Å². The van der Waals surface area contributed by atoms with Gasteiger partial charge in [-0.3, -0.25) is 0 Å². The summed E-state index contributed by atoms with van der Waals surface area (Å²) in [6.07, 6.45) is 0.516. The molecule has 1 N–H and O–H groups in total. The number of carbonyl (C=O) groups is 1. The van der Waals surface area contributed by atoms with Crippen molar-refractivity contribution in [2.75, 3.05) is 11.4 Å². The third kappa shape index (κ3) is 3.27. The number of hydrogen-bond acceptors (Lipinski definition) is 2. The number of carboxylic acid groups (broad SMARTS) is 1. The van der Waals surface area contributed by atoms with E-state index in [0.717, 1.165) is 0 Å². The SMILES string of the molecule is CC[C@H](C(=O)O)N(CC)c1ccc(Cl)cc1Cl. The van der Waals surface area contributed by atoms with Crippen molar-refractivity contribution in [1.82, 2.24) is 0 Å². The van der Waals surface area contributed by atoms with Crippen molar-refractivity contribution >= 4 is 34.9 Å². The number of benzene rings is 1. The van der Waals surface area contributed by atoms with Crippen LogP contribution in [0.25, 0.3) is 0 Å². The van der Waals surface area contributed by atoms with Crippen LogP contribution in [0.1, 0.15) is 20.3 Å². The maximum absolute atomic E-state index is 11.2. The lowest BCUT2D eigenvalue weighted by atomic mass is 10.1. The van der Waals surface area contributed by atoms with Crippen LogP contribution in [0.15, 0.2) is 18.2 Å². The van der Waals surface area contributed by atoms with Gasteiger partial charge in [-0.1, -0.05) is 30.1 Å². The molecule has 0 heterocycles. The third-order valence-electron chi connectivity index (χ3n) is 2.61. The standard InChI is InChI=1S/C12H15Cl2NO2/c1-3-10(12(16)17)15(4-2)11-6-5-8(13)7-9(11)14/h5-7,10H,3-4H2,1-2H3,(H,16,17)/t10-/m1/s1. The number of aliphatic carboxylic acids is 1. The summed E-state index contributed by atoms with van der Waals surface area (Å²) in [5.41, 5.74) is 0.702. The Balaban J connectivity index is 3.12. The summed E-state index contributed by atoms with van der Waals surface area (Å²) in [6.45, 7) is 4.31. The van der Waals surface area contributed by atoms with Crippen molar-refractivity contribution in [3.05, 3.63) is 28.2 Å². The maximum atomic E-state index is 11.2. The van der Waals surface area contributed by atoms with Gasteiger partial charge in [0, 0.05) is 11.6 Å². The molecule has 94 valence electrons. The molecule has 3 nitrogen and oxygen atoms in total. The molecule has 17 heavy (non-hydrogen) atoms. The first kappa shape index (κ1) is 14.1. The van der Waals surface area contributed by atoms with E-state index in [0.29, 0.717) is 28.7 Å². The third-order valence-corrected chi connectivity index (χ3v) is 3.15. The number of halogens is 2. The minimum absolute atomic E-state index is 0.471. The lowest BCUT2D eigenvalue weighted by molar-refractivity contribution is -0.138. The largest absolute Gasteiger partial charge is 0.480 e. The van der Waals surface area contributed by atoms with Crippen LogP contribution in [-0.4, -0.2) is 23.7 Å². The molecule has 0 unspecified atom stereocenters. The first-order chi connectivity index (χ1) is 8.01. The van der Waals surface area contributed by atoms with Crippen LogP contribution in [-0.2, 0) is 4.79 Å². The predicted molar refractivity (Wildman–Crippen MR) is 71.2 cm³/mol. The van der Waals surface area contributed by atoms with Gasteiger partial charge in [0.2, 0.25) is 0 Å². The van der Waals surface area contributed by atoms with Crippen molar-refractivity contribution in [2.24, 2.45) is 0 Å². The first-order valence-electron chi connectivity index (χ1n) is 5.45. The minimum Gasteiger partial charge on any atom is -0.480 e. The molecule has 1 rings (SSSR count). The number of nitrogens with zero attached hydrogens (tertiary/aromatic N) is 1.